The van der Waals surface area contributed by atoms with Gasteiger partial charge in [0.15, 0.2) is 5.78 Å². The number of carbonyl (C=O) groups excluding carboxylic acids is 1. The lowest BCUT2D eigenvalue weighted by atomic mass is 10.1. The molecule has 0 bridgehead atoms. The standard InChI is InChI=1S/C15H10Cl2O/c16-13-8-5-12(6-9-13)15(18)10-7-11-3-1-2-4-14(11)17/h1-10H/b10-7+. The molecule has 2 aromatic carbocycles. The third-order valence-electron chi connectivity index (χ3n) is 2.45. The Hall–Kier alpha value is -1.57. The fourth-order valence-electron chi connectivity index (χ4n) is 1.49. The van der Waals surface area contributed by atoms with E-state index < -0.39 is 0 Å². The number of rotatable bonds is 3. The molecule has 2 aromatic rings. The molecule has 0 aliphatic heterocycles. The molecule has 0 fully saturated rings. The summed E-state index contributed by atoms with van der Waals surface area (Å²) in [6.45, 7) is 0. The van der Waals surface area contributed by atoms with Crippen LogP contribution in [-0.2, 0) is 0 Å². The number of hydrogen-bond acceptors (Lipinski definition) is 1. The number of halogens is 2. The van der Waals surface area contributed by atoms with E-state index in [-0.39, 0.29) is 5.78 Å². The lowest BCUT2D eigenvalue weighted by molar-refractivity contribution is 0.104. The van der Waals surface area contributed by atoms with Gasteiger partial charge in [-0.1, -0.05) is 41.4 Å². The van der Waals surface area contributed by atoms with E-state index in [4.69, 9.17) is 23.2 Å². The predicted molar refractivity (Wildman–Crippen MR) is 76.3 cm³/mol. The second-order valence-corrected chi connectivity index (χ2v) is 4.57. The van der Waals surface area contributed by atoms with Crippen LogP contribution in [0.2, 0.25) is 10.0 Å². The minimum Gasteiger partial charge on any atom is -0.289 e. The number of hydrogen-bond donors (Lipinski definition) is 0. The van der Waals surface area contributed by atoms with Crippen molar-refractivity contribution in [3.8, 4) is 0 Å². The molecule has 0 unspecified atom stereocenters. The Kier molecular flexibility index (Phi) is 4.19. The zero-order chi connectivity index (χ0) is 13.0. The summed E-state index contributed by atoms with van der Waals surface area (Å²) < 4.78 is 0. The molecule has 0 atom stereocenters. The van der Waals surface area contributed by atoms with E-state index >= 15 is 0 Å². The fourth-order valence-corrected chi connectivity index (χ4v) is 1.81. The molecule has 0 N–H and O–H groups in total. The Morgan fingerprint density at radius 1 is 0.944 bits per heavy atom. The second-order valence-electron chi connectivity index (χ2n) is 3.73. The van der Waals surface area contributed by atoms with E-state index in [2.05, 4.69) is 0 Å². The second kappa shape index (κ2) is 5.85. The molecular formula is C15H10Cl2O. The first-order valence-corrected chi connectivity index (χ1v) is 6.15. The molecule has 0 amide bonds. The highest BCUT2D eigenvalue weighted by atomic mass is 35.5. The molecule has 0 radical (unpaired) electrons. The SMILES string of the molecule is O=C(/C=C/c1ccccc1Cl)c1ccc(Cl)cc1. The first kappa shape index (κ1) is 12.9. The minimum atomic E-state index is -0.0772. The molecule has 0 heterocycles. The highest BCUT2D eigenvalue weighted by molar-refractivity contribution is 6.32. The van der Waals surface area contributed by atoms with Crippen LogP contribution in [0.4, 0.5) is 0 Å². The number of ketones is 1. The first-order valence-electron chi connectivity index (χ1n) is 5.39. The van der Waals surface area contributed by atoms with Gasteiger partial charge >= 0.3 is 0 Å². The summed E-state index contributed by atoms with van der Waals surface area (Å²) in [4.78, 5) is 11.9. The van der Waals surface area contributed by atoms with Gasteiger partial charge in [0.2, 0.25) is 0 Å². The van der Waals surface area contributed by atoms with Crippen LogP contribution in [0.15, 0.2) is 54.6 Å². The predicted octanol–water partition coefficient (Wildman–Crippen LogP) is 4.89. The van der Waals surface area contributed by atoms with Crippen LogP contribution in [-0.4, -0.2) is 5.78 Å². The molecule has 2 rings (SSSR count). The van der Waals surface area contributed by atoms with Crippen LogP contribution >= 0.6 is 23.2 Å². The molecule has 1 nitrogen and oxygen atoms in total. The highest BCUT2D eigenvalue weighted by Gasteiger charge is 2.01. The van der Waals surface area contributed by atoms with Crippen LogP contribution < -0.4 is 0 Å². The average Bonchev–Trinajstić information content (AvgIpc) is 2.38. The Morgan fingerprint density at radius 2 is 1.61 bits per heavy atom. The van der Waals surface area contributed by atoms with Crippen LogP contribution in [0.3, 0.4) is 0 Å². The van der Waals surface area contributed by atoms with Gasteiger partial charge in [-0.05, 0) is 48.0 Å². The van der Waals surface area contributed by atoms with Crippen molar-refractivity contribution in [2.45, 2.75) is 0 Å². The smallest absolute Gasteiger partial charge is 0.185 e. The van der Waals surface area contributed by atoms with Crippen LogP contribution in [0, 0.1) is 0 Å². The largest absolute Gasteiger partial charge is 0.289 e. The monoisotopic (exact) mass is 276 g/mol. The van der Waals surface area contributed by atoms with Gasteiger partial charge in [0.25, 0.3) is 0 Å². The summed E-state index contributed by atoms with van der Waals surface area (Å²) in [5.41, 5.74) is 1.42. The molecule has 0 aromatic heterocycles. The summed E-state index contributed by atoms with van der Waals surface area (Å²) >= 11 is 11.8. The van der Waals surface area contributed by atoms with Gasteiger partial charge in [-0.3, -0.25) is 4.79 Å². The summed E-state index contributed by atoms with van der Waals surface area (Å²) in [6.07, 6.45) is 3.21. The van der Waals surface area contributed by atoms with Crippen molar-refractivity contribution >= 4 is 35.1 Å². The van der Waals surface area contributed by atoms with Crippen LogP contribution in [0.1, 0.15) is 15.9 Å². The van der Waals surface area contributed by atoms with Crippen molar-refractivity contribution in [2.24, 2.45) is 0 Å². The summed E-state index contributed by atoms with van der Waals surface area (Å²) in [7, 11) is 0. The van der Waals surface area contributed by atoms with Gasteiger partial charge in [0, 0.05) is 15.6 Å². The van der Waals surface area contributed by atoms with Crippen LogP contribution in [0.5, 0.6) is 0 Å². The molecule has 0 aliphatic carbocycles. The average molecular weight is 277 g/mol. The number of allylic oxidation sites excluding steroid dienone is 1. The molecule has 0 spiro atoms. The lowest BCUT2D eigenvalue weighted by Gasteiger charge is -1.98. The number of benzene rings is 2. The van der Waals surface area contributed by atoms with Gasteiger partial charge < -0.3 is 0 Å². The normalized spacial score (nSPS) is 10.8. The van der Waals surface area contributed by atoms with Gasteiger partial charge in [0.1, 0.15) is 0 Å². The van der Waals surface area contributed by atoms with E-state index in [1.807, 2.05) is 18.2 Å². The van der Waals surface area contributed by atoms with Crippen molar-refractivity contribution in [2.75, 3.05) is 0 Å². The molecule has 0 aliphatic rings. The molecule has 90 valence electrons. The van der Waals surface area contributed by atoms with E-state index in [1.165, 1.54) is 6.08 Å². The summed E-state index contributed by atoms with van der Waals surface area (Å²) in [5, 5.41) is 1.24. The van der Waals surface area contributed by atoms with Gasteiger partial charge in [-0.2, -0.15) is 0 Å². The van der Waals surface area contributed by atoms with Gasteiger partial charge in [-0.25, -0.2) is 0 Å². The van der Waals surface area contributed by atoms with Crippen molar-refractivity contribution in [1.82, 2.24) is 0 Å². The Labute approximate surface area is 116 Å². The lowest BCUT2D eigenvalue weighted by Crippen LogP contribution is -1.93. The third kappa shape index (κ3) is 3.22. The highest BCUT2D eigenvalue weighted by Crippen LogP contribution is 2.17. The van der Waals surface area contributed by atoms with E-state index in [0.29, 0.717) is 15.6 Å². The summed E-state index contributed by atoms with van der Waals surface area (Å²) in [5.74, 6) is -0.0772. The molecule has 0 saturated carbocycles. The van der Waals surface area contributed by atoms with Gasteiger partial charge in [-0.15, -0.1) is 0 Å². The minimum absolute atomic E-state index is 0.0772. The maximum absolute atomic E-state index is 11.9. The maximum atomic E-state index is 11.9. The molecular weight excluding hydrogens is 267 g/mol. The number of carbonyl (C=O) groups is 1. The van der Waals surface area contributed by atoms with Crippen molar-refractivity contribution < 1.29 is 4.79 Å². The van der Waals surface area contributed by atoms with E-state index in [1.54, 1.807) is 36.4 Å². The third-order valence-corrected chi connectivity index (χ3v) is 3.04. The van der Waals surface area contributed by atoms with Crippen molar-refractivity contribution in [3.05, 3.63) is 75.8 Å². The fraction of sp³-hybridized carbons (Fsp3) is 0. The topological polar surface area (TPSA) is 17.1 Å². The van der Waals surface area contributed by atoms with Gasteiger partial charge in [0.05, 0.1) is 0 Å². The molecule has 18 heavy (non-hydrogen) atoms. The van der Waals surface area contributed by atoms with E-state index in [9.17, 15) is 4.79 Å². The molecule has 3 heteroatoms. The Morgan fingerprint density at radius 3 is 2.28 bits per heavy atom. The zero-order valence-corrected chi connectivity index (χ0v) is 10.9. The zero-order valence-electron chi connectivity index (χ0n) is 9.44. The van der Waals surface area contributed by atoms with E-state index in [0.717, 1.165) is 5.56 Å². The first-order chi connectivity index (χ1) is 8.66. The van der Waals surface area contributed by atoms with Crippen molar-refractivity contribution in [3.63, 3.8) is 0 Å². The quantitative estimate of drug-likeness (QED) is 0.576. The Bertz CT molecular complexity index is 586. The summed E-state index contributed by atoms with van der Waals surface area (Å²) in [6, 6.07) is 14.1. The van der Waals surface area contributed by atoms with Crippen LogP contribution in [0.25, 0.3) is 6.08 Å². The maximum Gasteiger partial charge on any atom is 0.185 e. The van der Waals surface area contributed by atoms with Crippen molar-refractivity contribution in [1.29, 1.82) is 0 Å². The Balaban J connectivity index is 2.17. The molecule has 0 saturated heterocycles.